The van der Waals surface area contributed by atoms with Gasteiger partial charge in [0, 0.05) is 35.5 Å². The second-order valence-corrected chi connectivity index (χ2v) is 6.10. The molecule has 1 heterocycles. The molecule has 1 saturated heterocycles. The lowest BCUT2D eigenvalue weighted by Gasteiger charge is -2.21. The van der Waals surface area contributed by atoms with Gasteiger partial charge in [0.25, 0.3) is 0 Å². The van der Waals surface area contributed by atoms with Gasteiger partial charge >= 0.3 is 0 Å². The predicted molar refractivity (Wildman–Crippen MR) is 89.4 cm³/mol. The summed E-state index contributed by atoms with van der Waals surface area (Å²) in [7, 11) is 0. The van der Waals surface area contributed by atoms with Crippen molar-refractivity contribution in [2.45, 2.75) is 19.4 Å². The summed E-state index contributed by atoms with van der Waals surface area (Å²) in [5.41, 5.74) is 3.91. The monoisotopic (exact) mass is 330 g/mol. The molecule has 0 radical (unpaired) electrons. The second kappa shape index (κ2) is 6.31. The topological polar surface area (TPSA) is 15.3 Å². The Bertz CT molecular complexity index is 559. The number of anilines is 2. The van der Waals surface area contributed by atoms with E-state index in [1.807, 2.05) is 0 Å². The molecule has 2 aromatic carbocycles. The van der Waals surface area contributed by atoms with Gasteiger partial charge in [-0.25, -0.2) is 0 Å². The second-order valence-electron chi connectivity index (χ2n) is 5.18. The Morgan fingerprint density at radius 1 is 0.950 bits per heavy atom. The molecule has 0 unspecified atom stereocenters. The first kappa shape index (κ1) is 13.5. The molecule has 0 spiro atoms. The number of benzene rings is 2. The maximum Gasteiger partial charge on any atom is 0.0421 e. The van der Waals surface area contributed by atoms with Gasteiger partial charge in [-0.3, -0.25) is 0 Å². The summed E-state index contributed by atoms with van der Waals surface area (Å²) in [6, 6.07) is 17.0. The van der Waals surface area contributed by atoms with Gasteiger partial charge in [0.2, 0.25) is 0 Å². The molecular formula is C17H19BrN2. The summed E-state index contributed by atoms with van der Waals surface area (Å²) in [5.74, 6) is 0. The molecule has 3 rings (SSSR count). The van der Waals surface area contributed by atoms with Gasteiger partial charge in [0.1, 0.15) is 0 Å². The zero-order valence-electron chi connectivity index (χ0n) is 11.5. The zero-order chi connectivity index (χ0) is 13.8. The number of halogens is 1. The third-order valence-corrected chi connectivity index (χ3v) is 4.29. The third kappa shape index (κ3) is 3.15. The summed E-state index contributed by atoms with van der Waals surface area (Å²) in [6.07, 6.45) is 2.63. The van der Waals surface area contributed by atoms with E-state index in [1.165, 1.54) is 37.2 Å². The minimum atomic E-state index is 0.869. The smallest absolute Gasteiger partial charge is 0.0421 e. The number of nitrogens with zero attached hydrogens (tertiary/aromatic N) is 1. The molecule has 104 valence electrons. The van der Waals surface area contributed by atoms with Crippen LogP contribution in [0.5, 0.6) is 0 Å². The lowest BCUT2D eigenvalue weighted by molar-refractivity contribution is 0.949. The quantitative estimate of drug-likeness (QED) is 0.876. The molecule has 1 aliphatic heterocycles. The van der Waals surface area contributed by atoms with E-state index in [0.717, 1.165) is 16.7 Å². The van der Waals surface area contributed by atoms with E-state index in [9.17, 15) is 0 Å². The average molecular weight is 331 g/mol. The van der Waals surface area contributed by atoms with Crippen LogP contribution in [-0.4, -0.2) is 13.1 Å². The van der Waals surface area contributed by atoms with Crippen molar-refractivity contribution in [2.24, 2.45) is 0 Å². The third-order valence-electron chi connectivity index (χ3n) is 3.77. The Kier molecular flexibility index (Phi) is 4.26. The molecule has 0 bridgehead atoms. The van der Waals surface area contributed by atoms with Gasteiger partial charge in [0.15, 0.2) is 0 Å². The highest BCUT2D eigenvalue weighted by molar-refractivity contribution is 9.10. The predicted octanol–water partition coefficient (Wildman–Crippen LogP) is 4.66. The van der Waals surface area contributed by atoms with Crippen LogP contribution in [0.25, 0.3) is 0 Å². The van der Waals surface area contributed by atoms with Crippen LogP contribution in [0.2, 0.25) is 0 Å². The minimum Gasteiger partial charge on any atom is -0.381 e. The van der Waals surface area contributed by atoms with Gasteiger partial charge in [-0.05, 0) is 48.7 Å². The Balaban J connectivity index is 1.72. The van der Waals surface area contributed by atoms with Crippen molar-refractivity contribution in [3.05, 3.63) is 58.6 Å². The van der Waals surface area contributed by atoms with Crippen LogP contribution in [0.15, 0.2) is 53.0 Å². The highest BCUT2D eigenvalue weighted by Crippen LogP contribution is 2.25. The van der Waals surface area contributed by atoms with Gasteiger partial charge in [-0.1, -0.05) is 34.1 Å². The average Bonchev–Trinajstić information content (AvgIpc) is 3.01. The summed E-state index contributed by atoms with van der Waals surface area (Å²) in [5, 5.41) is 3.50. The highest BCUT2D eigenvalue weighted by atomic mass is 79.9. The van der Waals surface area contributed by atoms with E-state index in [-0.39, 0.29) is 0 Å². The molecule has 2 nitrogen and oxygen atoms in total. The number of rotatable bonds is 4. The molecule has 1 N–H and O–H groups in total. The molecule has 1 fully saturated rings. The van der Waals surface area contributed by atoms with E-state index in [0.29, 0.717) is 0 Å². The molecule has 0 aliphatic carbocycles. The van der Waals surface area contributed by atoms with Crippen LogP contribution in [-0.2, 0) is 6.54 Å². The standard InChI is InChI=1S/C17H19BrN2/c18-15-7-9-16(10-8-15)19-13-14-5-1-2-6-17(14)20-11-3-4-12-20/h1-2,5-10,19H,3-4,11-13H2. The lowest BCUT2D eigenvalue weighted by atomic mass is 10.1. The number of hydrogen-bond donors (Lipinski definition) is 1. The van der Waals surface area contributed by atoms with E-state index in [1.54, 1.807) is 0 Å². The Hall–Kier alpha value is -1.48. The fourth-order valence-corrected chi connectivity index (χ4v) is 2.96. The van der Waals surface area contributed by atoms with E-state index in [4.69, 9.17) is 0 Å². The summed E-state index contributed by atoms with van der Waals surface area (Å²) in [6.45, 7) is 3.25. The Labute approximate surface area is 128 Å². The summed E-state index contributed by atoms with van der Waals surface area (Å²) < 4.78 is 1.11. The van der Waals surface area contributed by atoms with Crippen LogP contribution in [0, 0.1) is 0 Å². The number of para-hydroxylation sites is 1. The van der Waals surface area contributed by atoms with E-state index in [2.05, 4.69) is 74.7 Å². The van der Waals surface area contributed by atoms with Crippen molar-refractivity contribution in [3.8, 4) is 0 Å². The Morgan fingerprint density at radius 2 is 1.65 bits per heavy atom. The first-order chi connectivity index (χ1) is 9.83. The molecule has 3 heteroatoms. The van der Waals surface area contributed by atoms with Gasteiger partial charge in [-0.2, -0.15) is 0 Å². The van der Waals surface area contributed by atoms with Gasteiger partial charge in [0.05, 0.1) is 0 Å². The van der Waals surface area contributed by atoms with Crippen LogP contribution < -0.4 is 10.2 Å². The van der Waals surface area contributed by atoms with Crippen LogP contribution in [0.1, 0.15) is 18.4 Å². The van der Waals surface area contributed by atoms with Crippen molar-refractivity contribution in [3.63, 3.8) is 0 Å². The van der Waals surface area contributed by atoms with Crippen molar-refractivity contribution in [1.29, 1.82) is 0 Å². The molecule has 0 saturated carbocycles. The van der Waals surface area contributed by atoms with Crippen LogP contribution >= 0.6 is 15.9 Å². The van der Waals surface area contributed by atoms with Crippen molar-refractivity contribution < 1.29 is 0 Å². The van der Waals surface area contributed by atoms with Crippen LogP contribution in [0.3, 0.4) is 0 Å². The highest BCUT2D eigenvalue weighted by Gasteiger charge is 2.14. The van der Waals surface area contributed by atoms with E-state index < -0.39 is 0 Å². The number of nitrogens with one attached hydrogen (secondary N) is 1. The molecular weight excluding hydrogens is 312 g/mol. The molecule has 20 heavy (non-hydrogen) atoms. The minimum absolute atomic E-state index is 0.869. The molecule has 0 amide bonds. The van der Waals surface area contributed by atoms with Crippen molar-refractivity contribution >= 4 is 27.3 Å². The first-order valence-electron chi connectivity index (χ1n) is 7.15. The van der Waals surface area contributed by atoms with Gasteiger partial charge in [-0.15, -0.1) is 0 Å². The Morgan fingerprint density at radius 3 is 2.40 bits per heavy atom. The fourth-order valence-electron chi connectivity index (χ4n) is 2.69. The fraction of sp³-hybridized carbons (Fsp3) is 0.294. The maximum atomic E-state index is 3.50. The first-order valence-corrected chi connectivity index (χ1v) is 7.94. The van der Waals surface area contributed by atoms with Gasteiger partial charge < -0.3 is 10.2 Å². The SMILES string of the molecule is Brc1ccc(NCc2ccccc2N2CCCC2)cc1. The maximum absolute atomic E-state index is 3.50. The molecule has 1 aliphatic rings. The molecule has 0 aromatic heterocycles. The van der Waals surface area contributed by atoms with E-state index >= 15 is 0 Å². The largest absolute Gasteiger partial charge is 0.381 e. The van der Waals surface area contributed by atoms with Crippen molar-refractivity contribution in [1.82, 2.24) is 0 Å². The normalized spacial score (nSPS) is 14.6. The summed E-state index contributed by atoms with van der Waals surface area (Å²) >= 11 is 3.46. The lowest BCUT2D eigenvalue weighted by Crippen LogP contribution is -2.19. The summed E-state index contributed by atoms with van der Waals surface area (Å²) in [4.78, 5) is 2.50. The van der Waals surface area contributed by atoms with Crippen molar-refractivity contribution in [2.75, 3.05) is 23.3 Å². The molecule has 2 aromatic rings. The zero-order valence-corrected chi connectivity index (χ0v) is 13.1. The molecule has 0 atom stereocenters. The number of hydrogen-bond acceptors (Lipinski definition) is 2. The van der Waals surface area contributed by atoms with Crippen LogP contribution in [0.4, 0.5) is 11.4 Å².